The molecule has 2 N–H and O–H groups in total. The van der Waals surface area contributed by atoms with Gasteiger partial charge in [0, 0.05) is 48.8 Å². The van der Waals surface area contributed by atoms with E-state index in [-0.39, 0.29) is 24.6 Å². The Morgan fingerprint density at radius 2 is 1.65 bits per heavy atom. The summed E-state index contributed by atoms with van der Waals surface area (Å²) in [6.07, 6.45) is -1.68. The Balaban J connectivity index is 1.44. The van der Waals surface area contributed by atoms with Gasteiger partial charge in [-0.3, -0.25) is 14.3 Å². The van der Waals surface area contributed by atoms with Crippen LogP contribution in [0.1, 0.15) is 75.0 Å². The average Bonchev–Trinajstić information content (AvgIpc) is 3.41. The summed E-state index contributed by atoms with van der Waals surface area (Å²) >= 11 is 0. The first-order valence-corrected chi connectivity index (χ1v) is 16.2. The zero-order valence-corrected chi connectivity index (χ0v) is 27.9. The van der Waals surface area contributed by atoms with Crippen molar-refractivity contribution in [2.45, 2.75) is 71.4 Å². The van der Waals surface area contributed by atoms with E-state index in [9.17, 15) is 22.8 Å². The molecule has 2 amide bonds. The van der Waals surface area contributed by atoms with Crippen LogP contribution in [0.25, 0.3) is 33.4 Å². The highest BCUT2D eigenvalue weighted by atomic mass is 19.4. The second kappa shape index (κ2) is 13.1. The highest BCUT2D eigenvalue weighted by Gasteiger charge is 2.53. The molecule has 1 aliphatic rings. The minimum Gasteiger partial charge on any atom is -0.455 e. The molecule has 0 aliphatic heterocycles. The first-order chi connectivity index (χ1) is 23.3. The van der Waals surface area contributed by atoms with E-state index >= 15 is 0 Å². The van der Waals surface area contributed by atoms with E-state index in [0.717, 1.165) is 39.8 Å². The molecule has 5 aromatic rings. The van der Waals surface area contributed by atoms with Crippen molar-refractivity contribution < 1.29 is 31.9 Å². The van der Waals surface area contributed by atoms with Crippen molar-refractivity contribution in [2.75, 3.05) is 7.05 Å². The number of aryl methyl sites for hydroxylation is 4. The lowest BCUT2D eigenvalue weighted by atomic mass is 9.73. The van der Waals surface area contributed by atoms with E-state index < -0.39 is 23.9 Å². The number of aromatic nitrogens is 2. The van der Waals surface area contributed by atoms with Crippen LogP contribution in [-0.4, -0.2) is 41.3 Å². The van der Waals surface area contributed by atoms with Gasteiger partial charge in [-0.1, -0.05) is 49.2 Å². The standard InChI is InChI=1S/C38H37F3N4O4/c1-6-8-25-16-31-30(32(35(47)42-5)33(48-31)24-11-9-21(2)10-12-24)18-29(25)27-17-28(23(4)15-22(27)3)34(46)45-37(36-43-13-7-14-44-36)19-26(20-37)49-38(39,40)41/h7,9-18,26H,6,8,19-20H2,1-5H3,(H,42,47)(H,45,46). The monoisotopic (exact) mass is 670 g/mol. The molecule has 0 radical (unpaired) electrons. The molecule has 8 nitrogen and oxygen atoms in total. The molecule has 1 fully saturated rings. The molecule has 0 spiro atoms. The summed E-state index contributed by atoms with van der Waals surface area (Å²) in [6, 6.07) is 17.0. The summed E-state index contributed by atoms with van der Waals surface area (Å²) in [6.45, 7) is 7.84. The number of amides is 2. The van der Waals surface area contributed by atoms with Gasteiger partial charge in [0.1, 0.15) is 16.9 Å². The van der Waals surface area contributed by atoms with Gasteiger partial charge in [-0.05, 0) is 79.3 Å². The summed E-state index contributed by atoms with van der Waals surface area (Å²) in [7, 11) is 1.58. The van der Waals surface area contributed by atoms with Crippen LogP contribution in [-0.2, 0) is 16.7 Å². The molecule has 0 atom stereocenters. The van der Waals surface area contributed by atoms with Crippen LogP contribution in [0.2, 0.25) is 0 Å². The third kappa shape index (κ3) is 6.67. The van der Waals surface area contributed by atoms with Crippen LogP contribution < -0.4 is 10.6 Å². The lowest BCUT2D eigenvalue weighted by Crippen LogP contribution is -2.59. The number of nitrogens with one attached hydrogen (secondary N) is 2. The smallest absolute Gasteiger partial charge is 0.455 e. The number of halogens is 3. The molecule has 0 saturated heterocycles. The molecule has 254 valence electrons. The van der Waals surface area contributed by atoms with Gasteiger partial charge in [0.15, 0.2) is 5.82 Å². The molecular weight excluding hydrogens is 633 g/mol. The van der Waals surface area contributed by atoms with Crippen LogP contribution in [0.5, 0.6) is 0 Å². The summed E-state index contributed by atoms with van der Waals surface area (Å²) in [5.74, 6) is -0.0646. The fraction of sp³-hybridized carbons (Fsp3) is 0.316. The van der Waals surface area contributed by atoms with Crippen LogP contribution in [0.15, 0.2) is 71.4 Å². The van der Waals surface area contributed by atoms with Crippen LogP contribution >= 0.6 is 0 Å². The third-order valence-electron chi connectivity index (χ3n) is 9.11. The van der Waals surface area contributed by atoms with E-state index in [4.69, 9.17) is 4.42 Å². The highest BCUT2D eigenvalue weighted by molar-refractivity contribution is 6.12. The van der Waals surface area contributed by atoms with Crippen LogP contribution in [0.4, 0.5) is 13.2 Å². The number of rotatable bonds is 9. The van der Waals surface area contributed by atoms with E-state index in [1.165, 1.54) is 12.4 Å². The molecular formula is C38H37F3N4O4. The second-order valence-electron chi connectivity index (χ2n) is 12.7. The Morgan fingerprint density at radius 3 is 2.29 bits per heavy atom. The third-order valence-corrected chi connectivity index (χ3v) is 9.11. The maximum atomic E-state index is 14.0. The van der Waals surface area contributed by atoms with Gasteiger partial charge in [0.25, 0.3) is 11.8 Å². The molecule has 0 bridgehead atoms. The summed E-state index contributed by atoms with van der Waals surface area (Å²) < 4.78 is 49.7. The number of furan rings is 1. The Kier molecular flexibility index (Phi) is 9.06. The number of hydrogen-bond donors (Lipinski definition) is 2. The van der Waals surface area contributed by atoms with Gasteiger partial charge in [0.05, 0.1) is 11.7 Å². The van der Waals surface area contributed by atoms with Crippen molar-refractivity contribution in [2.24, 2.45) is 0 Å². The molecule has 6 rings (SSSR count). The average molecular weight is 671 g/mol. The molecule has 49 heavy (non-hydrogen) atoms. The predicted molar refractivity (Wildman–Crippen MR) is 180 cm³/mol. The van der Waals surface area contributed by atoms with Gasteiger partial charge in [-0.15, -0.1) is 13.2 Å². The van der Waals surface area contributed by atoms with Gasteiger partial charge >= 0.3 is 6.36 Å². The quantitative estimate of drug-likeness (QED) is 0.164. The number of benzene rings is 3. The predicted octanol–water partition coefficient (Wildman–Crippen LogP) is 8.12. The minimum absolute atomic E-state index is 0.135. The molecule has 1 saturated carbocycles. The Bertz CT molecular complexity index is 2030. The first-order valence-electron chi connectivity index (χ1n) is 16.2. The van der Waals surface area contributed by atoms with Crippen molar-refractivity contribution in [1.82, 2.24) is 20.6 Å². The number of ether oxygens (including phenoxy) is 1. The highest BCUT2D eigenvalue weighted by Crippen LogP contribution is 2.45. The number of carbonyl (C=O) groups is 2. The summed E-state index contributed by atoms with van der Waals surface area (Å²) in [4.78, 5) is 35.9. The van der Waals surface area contributed by atoms with Gasteiger partial charge in [-0.2, -0.15) is 0 Å². The van der Waals surface area contributed by atoms with E-state index in [2.05, 4.69) is 32.3 Å². The fourth-order valence-electron chi connectivity index (χ4n) is 6.72. The second-order valence-corrected chi connectivity index (χ2v) is 12.7. The largest absolute Gasteiger partial charge is 0.522 e. The maximum Gasteiger partial charge on any atom is 0.522 e. The lowest BCUT2D eigenvalue weighted by Gasteiger charge is -2.46. The summed E-state index contributed by atoms with van der Waals surface area (Å²) in [5.41, 5.74) is 6.22. The van der Waals surface area contributed by atoms with E-state index in [1.54, 1.807) is 13.1 Å². The number of alkyl halides is 3. The van der Waals surface area contributed by atoms with Gasteiger partial charge in [-0.25, -0.2) is 9.97 Å². The normalized spacial score (nSPS) is 17.5. The van der Waals surface area contributed by atoms with Gasteiger partial charge in [0.2, 0.25) is 0 Å². The Hall–Kier alpha value is -5.03. The van der Waals surface area contributed by atoms with Crippen molar-refractivity contribution in [1.29, 1.82) is 0 Å². The molecule has 1 aliphatic carbocycles. The fourth-order valence-corrected chi connectivity index (χ4v) is 6.72. The molecule has 0 unspecified atom stereocenters. The molecule has 11 heteroatoms. The lowest BCUT2D eigenvalue weighted by molar-refractivity contribution is -0.356. The van der Waals surface area contributed by atoms with E-state index in [1.807, 2.05) is 69.3 Å². The maximum absolute atomic E-state index is 14.0. The number of carbonyl (C=O) groups excluding carboxylic acids is 2. The first kappa shape index (κ1) is 33.9. The Morgan fingerprint density at radius 1 is 0.959 bits per heavy atom. The molecule has 2 heterocycles. The van der Waals surface area contributed by atoms with Gasteiger partial charge < -0.3 is 15.1 Å². The van der Waals surface area contributed by atoms with E-state index in [0.29, 0.717) is 39.8 Å². The minimum atomic E-state index is -4.80. The summed E-state index contributed by atoms with van der Waals surface area (Å²) in [5, 5.41) is 6.36. The zero-order chi connectivity index (χ0) is 35.1. The van der Waals surface area contributed by atoms with Crippen molar-refractivity contribution in [3.8, 4) is 22.5 Å². The number of nitrogens with zero attached hydrogens (tertiary/aromatic N) is 2. The topological polar surface area (TPSA) is 106 Å². The molecule has 2 aromatic heterocycles. The number of hydrogen-bond acceptors (Lipinski definition) is 6. The van der Waals surface area contributed by atoms with Crippen molar-refractivity contribution in [3.63, 3.8) is 0 Å². The van der Waals surface area contributed by atoms with Crippen molar-refractivity contribution in [3.05, 3.63) is 106 Å². The molecule has 3 aromatic carbocycles. The SMILES string of the molecule is CCCc1cc2oc(-c3ccc(C)cc3)c(C(=O)NC)c2cc1-c1cc(C(=O)NC2(c3ncccn3)CC(OC(F)(F)F)C2)c(C)cc1C. The Labute approximate surface area is 282 Å². The number of fused-ring (bicyclic) bond motifs is 1. The van der Waals surface area contributed by atoms with Crippen LogP contribution in [0.3, 0.4) is 0 Å². The zero-order valence-electron chi connectivity index (χ0n) is 27.9. The van der Waals surface area contributed by atoms with Crippen LogP contribution in [0, 0.1) is 20.8 Å². The van der Waals surface area contributed by atoms with Crippen molar-refractivity contribution >= 4 is 22.8 Å².